The van der Waals surface area contributed by atoms with Crippen molar-refractivity contribution in [2.24, 2.45) is 17.8 Å². The van der Waals surface area contributed by atoms with Gasteiger partial charge in [-0.3, -0.25) is 4.79 Å². The van der Waals surface area contributed by atoms with E-state index in [0.29, 0.717) is 36.1 Å². The quantitative estimate of drug-likeness (QED) is 0.185. The Kier molecular flexibility index (Phi) is 7.70. The monoisotopic (exact) mass is 630 g/mol. The summed E-state index contributed by atoms with van der Waals surface area (Å²) in [4.78, 5) is 38.9. The fourth-order valence-corrected chi connectivity index (χ4v) is 8.86. The lowest BCUT2D eigenvalue weighted by Gasteiger charge is -2.51. The highest BCUT2D eigenvalue weighted by Gasteiger charge is 2.68. The first kappa shape index (κ1) is 32.3. The first-order chi connectivity index (χ1) is 21.5. The predicted molar refractivity (Wildman–Crippen MR) is 174 cm³/mol. The highest BCUT2D eigenvalue weighted by molar-refractivity contribution is 6.16. The molecule has 0 amide bonds. The molecule has 0 aromatic heterocycles. The summed E-state index contributed by atoms with van der Waals surface area (Å²) in [5, 5.41) is 21.8. The summed E-state index contributed by atoms with van der Waals surface area (Å²) in [6.07, 6.45) is 8.88. The minimum Gasteiger partial charge on any atom is -0.507 e. The third kappa shape index (κ3) is 4.78. The minimum absolute atomic E-state index is 0.0825. The van der Waals surface area contributed by atoms with Crippen molar-refractivity contribution < 1.29 is 38.8 Å². The van der Waals surface area contributed by atoms with Gasteiger partial charge in [-0.2, -0.15) is 0 Å². The summed E-state index contributed by atoms with van der Waals surface area (Å²) in [6.45, 7) is 17.8. The maximum absolute atomic E-state index is 14.9. The van der Waals surface area contributed by atoms with Crippen LogP contribution >= 0.6 is 0 Å². The molecule has 8 nitrogen and oxygen atoms in total. The van der Waals surface area contributed by atoms with Crippen molar-refractivity contribution in [3.63, 3.8) is 0 Å². The number of carbonyl (C=O) groups is 3. The van der Waals surface area contributed by atoms with Crippen molar-refractivity contribution in [1.82, 2.24) is 0 Å². The zero-order valence-corrected chi connectivity index (χ0v) is 28.0. The molecule has 2 fully saturated rings. The molecule has 1 saturated heterocycles. The summed E-state index contributed by atoms with van der Waals surface area (Å²) in [7, 11) is 0. The number of fused-ring (bicyclic) bond motifs is 5. The number of benzene rings is 1. The number of aldehydes is 1. The summed E-state index contributed by atoms with van der Waals surface area (Å²) >= 11 is 0. The first-order valence-corrected chi connectivity index (χ1v) is 16.4. The standard InChI is InChI=1S/C38H46O8/c1-19(2)9-11-24-33-29(25-17-37(8,45-33)14-13-23(25)20(3)4)32(41)30-31(40)26-15-22(18-39)16-27-36(6,7)44-28(12-10-21(5)35(42)43)38(26,27)46-34(24)30/h9-10,15,18,22-23,25,27-28,41H,3,11-14,16-17H2,1-2,4-8H3,(H,42,43)/b21-10-/t22?,23-,25?,27?,28?,37-,38+/m0/s1. The molecule has 3 heterocycles. The van der Waals surface area contributed by atoms with Crippen molar-refractivity contribution in [2.45, 2.75) is 116 Å². The number of allylic oxidation sites excluding steroid dienone is 4. The van der Waals surface area contributed by atoms with Crippen LogP contribution in [0, 0.1) is 17.8 Å². The van der Waals surface area contributed by atoms with E-state index >= 15 is 0 Å². The van der Waals surface area contributed by atoms with Crippen molar-refractivity contribution in [2.75, 3.05) is 0 Å². The van der Waals surface area contributed by atoms with E-state index in [9.17, 15) is 24.6 Å². The molecule has 3 aliphatic heterocycles. The van der Waals surface area contributed by atoms with Crippen molar-refractivity contribution in [3.8, 4) is 17.2 Å². The van der Waals surface area contributed by atoms with E-state index in [1.54, 1.807) is 12.2 Å². The maximum Gasteiger partial charge on any atom is 0.330 e. The number of ether oxygens (including phenoxy) is 3. The largest absolute Gasteiger partial charge is 0.507 e. The lowest BCUT2D eigenvalue weighted by atomic mass is 9.61. The Hall–Kier alpha value is -3.65. The van der Waals surface area contributed by atoms with Crippen molar-refractivity contribution in [1.29, 1.82) is 0 Å². The number of hydrogen-bond donors (Lipinski definition) is 2. The Morgan fingerprint density at radius 2 is 1.83 bits per heavy atom. The van der Waals surface area contributed by atoms with Gasteiger partial charge >= 0.3 is 5.97 Å². The molecule has 1 spiro atoms. The van der Waals surface area contributed by atoms with Gasteiger partial charge in [-0.1, -0.05) is 36.0 Å². The van der Waals surface area contributed by atoms with Gasteiger partial charge in [0.05, 0.1) is 5.60 Å². The number of carboxylic acid groups (broad SMARTS) is 1. The van der Waals surface area contributed by atoms with Crippen molar-refractivity contribution in [3.05, 3.63) is 63.8 Å². The number of aromatic hydroxyl groups is 1. The van der Waals surface area contributed by atoms with Crippen LogP contribution in [-0.2, 0) is 20.7 Å². The lowest BCUT2D eigenvalue weighted by Crippen LogP contribution is -2.58. The normalized spacial score (nSPS) is 33.6. The molecule has 2 bridgehead atoms. The Morgan fingerprint density at radius 3 is 2.46 bits per heavy atom. The topological polar surface area (TPSA) is 119 Å². The highest BCUT2D eigenvalue weighted by atomic mass is 16.6. The van der Waals surface area contributed by atoms with Crippen LogP contribution in [0.1, 0.15) is 108 Å². The number of ketones is 1. The average Bonchev–Trinajstić information content (AvgIpc) is 3.19. The van der Waals surface area contributed by atoms with Gasteiger partial charge in [-0.15, -0.1) is 0 Å². The molecule has 2 N–H and O–H groups in total. The first-order valence-electron chi connectivity index (χ1n) is 16.4. The third-order valence-electron chi connectivity index (χ3n) is 11.2. The minimum atomic E-state index is -1.31. The molecule has 5 aliphatic rings. The Balaban J connectivity index is 1.64. The summed E-state index contributed by atoms with van der Waals surface area (Å²) < 4.78 is 20.7. The van der Waals surface area contributed by atoms with Crippen LogP contribution in [0.15, 0.2) is 47.1 Å². The van der Waals surface area contributed by atoms with Gasteiger partial charge in [0.2, 0.25) is 0 Å². The zero-order valence-electron chi connectivity index (χ0n) is 28.0. The number of Topliss-reactive ketones (excluding diaryl/α,β-unsaturated/α-hetero) is 1. The maximum atomic E-state index is 14.9. The van der Waals surface area contributed by atoms with Gasteiger partial charge in [-0.25, -0.2) is 4.79 Å². The zero-order chi connectivity index (χ0) is 33.5. The highest BCUT2D eigenvalue weighted by Crippen LogP contribution is 2.64. The second-order valence-corrected chi connectivity index (χ2v) is 15.1. The molecule has 1 aromatic carbocycles. The Labute approximate surface area is 271 Å². The molecule has 2 aliphatic carbocycles. The Bertz CT molecular complexity index is 1640. The van der Waals surface area contributed by atoms with E-state index in [1.165, 1.54) is 6.92 Å². The predicted octanol–water partition coefficient (Wildman–Crippen LogP) is 7.19. The smallest absolute Gasteiger partial charge is 0.330 e. The molecule has 0 radical (unpaired) electrons. The number of rotatable bonds is 7. The average molecular weight is 631 g/mol. The number of phenols is 1. The van der Waals surface area contributed by atoms with Crippen LogP contribution in [0.5, 0.6) is 17.2 Å². The van der Waals surface area contributed by atoms with E-state index in [-0.39, 0.29) is 46.5 Å². The van der Waals surface area contributed by atoms with Crippen molar-refractivity contribution >= 4 is 18.0 Å². The van der Waals surface area contributed by atoms with Crippen LogP contribution < -0.4 is 9.47 Å². The van der Waals surface area contributed by atoms with Crippen LogP contribution in [0.4, 0.5) is 0 Å². The second-order valence-electron chi connectivity index (χ2n) is 15.1. The summed E-state index contributed by atoms with van der Waals surface area (Å²) in [5.74, 6) is -1.61. The molecule has 4 unspecified atom stereocenters. The fraction of sp³-hybridized carbons (Fsp3) is 0.553. The molecule has 1 saturated carbocycles. The molecule has 8 heteroatoms. The van der Waals surface area contributed by atoms with Crippen LogP contribution in [0.3, 0.4) is 0 Å². The fourth-order valence-electron chi connectivity index (χ4n) is 8.86. The molecular weight excluding hydrogens is 584 g/mol. The van der Waals surface area contributed by atoms with E-state index in [4.69, 9.17) is 14.2 Å². The van der Waals surface area contributed by atoms with Gasteiger partial charge < -0.3 is 29.2 Å². The molecule has 246 valence electrons. The summed E-state index contributed by atoms with van der Waals surface area (Å²) in [6, 6.07) is 0. The Morgan fingerprint density at radius 1 is 1.11 bits per heavy atom. The van der Waals surface area contributed by atoms with Gasteiger partial charge in [0.25, 0.3) is 0 Å². The third-order valence-corrected chi connectivity index (χ3v) is 11.2. The number of carbonyl (C=O) groups excluding carboxylic acids is 2. The number of phenolic OH excluding ortho intramolecular Hbond substituents is 1. The lowest BCUT2D eigenvalue weighted by molar-refractivity contribution is -0.132. The van der Waals surface area contributed by atoms with E-state index in [1.807, 2.05) is 34.6 Å². The number of hydrogen-bond acceptors (Lipinski definition) is 7. The SMILES string of the molecule is C=C(C)[C@@H]1CC[C@@]2(C)CC1c1c(O)c3c(c(CC=C(C)C)c1O2)O[C@]12C(=CC(C=O)CC1C(C)(C)OC2C/C=C(/C)C(=O)O)C3=O. The van der Waals surface area contributed by atoms with Gasteiger partial charge in [0.15, 0.2) is 11.4 Å². The van der Waals surface area contributed by atoms with Gasteiger partial charge in [0, 0.05) is 40.0 Å². The molecular formula is C38H46O8. The second kappa shape index (κ2) is 11.0. The van der Waals surface area contributed by atoms with Crippen LogP contribution in [0.2, 0.25) is 0 Å². The number of carboxylic acids is 1. The van der Waals surface area contributed by atoms with E-state index in [0.717, 1.165) is 30.3 Å². The molecule has 6 rings (SSSR count). The van der Waals surface area contributed by atoms with Gasteiger partial charge in [-0.05, 0) is 92.9 Å². The summed E-state index contributed by atoms with van der Waals surface area (Å²) in [5.41, 5.74) is 1.44. The van der Waals surface area contributed by atoms with Crippen LogP contribution in [0.25, 0.3) is 0 Å². The number of aliphatic carboxylic acids is 1. The molecule has 46 heavy (non-hydrogen) atoms. The molecule has 7 atom stereocenters. The van der Waals surface area contributed by atoms with Gasteiger partial charge in [0.1, 0.15) is 40.8 Å². The molecule has 1 aromatic rings. The van der Waals surface area contributed by atoms with E-state index in [2.05, 4.69) is 19.6 Å². The van der Waals surface area contributed by atoms with E-state index < -0.39 is 46.5 Å². The van der Waals surface area contributed by atoms with Crippen LogP contribution in [-0.4, -0.2) is 51.2 Å².